The second kappa shape index (κ2) is 3.67. The Hall–Kier alpha value is -0.940. The van der Waals surface area contributed by atoms with E-state index < -0.39 is 0 Å². The number of hydrogen-bond acceptors (Lipinski definition) is 4. The third kappa shape index (κ3) is 1.78. The molecule has 2 heterocycles. The highest BCUT2D eigenvalue weighted by Crippen LogP contribution is 2.09. The van der Waals surface area contributed by atoms with Gasteiger partial charge in [0.1, 0.15) is 18.0 Å². The van der Waals surface area contributed by atoms with Crippen LogP contribution in [0, 0.1) is 0 Å². The van der Waals surface area contributed by atoms with E-state index in [9.17, 15) is 4.79 Å². The summed E-state index contributed by atoms with van der Waals surface area (Å²) >= 11 is 0. The minimum atomic E-state index is -0.263. The first-order valence-electron chi connectivity index (χ1n) is 4.85. The smallest absolute Gasteiger partial charge is 0.249 e. The molecule has 2 aliphatic rings. The Bertz CT molecular complexity index is 277. The van der Waals surface area contributed by atoms with Crippen LogP contribution in [0.5, 0.6) is 0 Å². The SMILES string of the molecule is CC1N=C(C2CN(C)CCO2)NC1=O. The molecule has 1 N–H and O–H groups in total. The number of ether oxygens (including phenoxy) is 1. The van der Waals surface area contributed by atoms with Crippen LogP contribution in [0.2, 0.25) is 0 Å². The minimum Gasteiger partial charge on any atom is -0.368 e. The first-order chi connectivity index (χ1) is 6.66. The zero-order chi connectivity index (χ0) is 10.1. The lowest BCUT2D eigenvalue weighted by molar-refractivity contribution is -0.119. The van der Waals surface area contributed by atoms with Gasteiger partial charge in [-0.25, -0.2) is 0 Å². The molecule has 0 aromatic heterocycles. The Kier molecular flexibility index (Phi) is 2.52. The van der Waals surface area contributed by atoms with Crippen LogP contribution in [-0.2, 0) is 9.53 Å². The zero-order valence-corrected chi connectivity index (χ0v) is 8.49. The number of amidine groups is 1. The van der Waals surface area contributed by atoms with Gasteiger partial charge in [-0.05, 0) is 14.0 Å². The summed E-state index contributed by atoms with van der Waals surface area (Å²) in [7, 11) is 2.04. The van der Waals surface area contributed by atoms with Crippen molar-refractivity contribution >= 4 is 11.7 Å². The van der Waals surface area contributed by atoms with E-state index in [1.165, 1.54) is 0 Å². The predicted molar refractivity (Wildman–Crippen MR) is 52.3 cm³/mol. The molecule has 1 saturated heterocycles. The molecule has 0 aliphatic carbocycles. The Morgan fingerprint density at radius 1 is 1.64 bits per heavy atom. The van der Waals surface area contributed by atoms with Crippen molar-refractivity contribution in [3.8, 4) is 0 Å². The summed E-state index contributed by atoms with van der Waals surface area (Å²) in [5, 5.41) is 2.75. The average molecular weight is 197 g/mol. The van der Waals surface area contributed by atoms with Crippen LogP contribution in [0.15, 0.2) is 4.99 Å². The van der Waals surface area contributed by atoms with Gasteiger partial charge in [0.05, 0.1) is 6.61 Å². The van der Waals surface area contributed by atoms with E-state index in [0.29, 0.717) is 12.4 Å². The maximum absolute atomic E-state index is 11.2. The summed E-state index contributed by atoms with van der Waals surface area (Å²) in [6.07, 6.45) is -0.0670. The fraction of sp³-hybridized carbons (Fsp3) is 0.778. The maximum atomic E-state index is 11.2. The first-order valence-corrected chi connectivity index (χ1v) is 4.85. The standard InChI is InChI=1S/C9H15N3O2/c1-6-9(13)11-8(10-6)7-5-12(2)3-4-14-7/h6-7H,3-5H2,1-2H3,(H,10,11,13). The molecule has 1 fully saturated rings. The molecule has 78 valence electrons. The highest BCUT2D eigenvalue weighted by Gasteiger charge is 2.30. The van der Waals surface area contributed by atoms with Gasteiger partial charge in [-0.1, -0.05) is 0 Å². The lowest BCUT2D eigenvalue weighted by Crippen LogP contribution is -2.48. The van der Waals surface area contributed by atoms with Crippen molar-refractivity contribution in [2.45, 2.75) is 19.1 Å². The van der Waals surface area contributed by atoms with Crippen LogP contribution in [0.1, 0.15) is 6.92 Å². The lowest BCUT2D eigenvalue weighted by Gasteiger charge is -2.29. The molecule has 0 aromatic carbocycles. The number of carbonyl (C=O) groups is 1. The van der Waals surface area contributed by atoms with Gasteiger partial charge in [-0.2, -0.15) is 0 Å². The van der Waals surface area contributed by atoms with E-state index in [4.69, 9.17) is 4.74 Å². The van der Waals surface area contributed by atoms with Crippen molar-refractivity contribution in [2.75, 3.05) is 26.7 Å². The van der Waals surface area contributed by atoms with Crippen molar-refractivity contribution in [3.63, 3.8) is 0 Å². The molecule has 0 bridgehead atoms. The summed E-state index contributed by atoms with van der Waals surface area (Å²) in [5.74, 6) is 0.658. The summed E-state index contributed by atoms with van der Waals surface area (Å²) in [6, 6.07) is -0.263. The molecule has 2 atom stereocenters. The average Bonchev–Trinajstić information content (AvgIpc) is 2.47. The number of aliphatic imine (C=N–C) groups is 1. The lowest BCUT2D eigenvalue weighted by atomic mass is 10.2. The molecular weight excluding hydrogens is 182 g/mol. The second-order valence-corrected chi connectivity index (χ2v) is 3.80. The number of hydrogen-bond donors (Lipinski definition) is 1. The van der Waals surface area contributed by atoms with Gasteiger partial charge in [-0.3, -0.25) is 9.79 Å². The molecular formula is C9H15N3O2. The maximum Gasteiger partial charge on any atom is 0.249 e. The van der Waals surface area contributed by atoms with Gasteiger partial charge in [-0.15, -0.1) is 0 Å². The van der Waals surface area contributed by atoms with Crippen LogP contribution in [-0.4, -0.2) is 55.5 Å². The van der Waals surface area contributed by atoms with Crippen LogP contribution in [0.25, 0.3) is 0 Å². The molecule has 14 heavy (non-hydrogen) atoms. The molecule has 1 amide bonds. The zero-order valence-electron chi connectivity index (χ0n) is 8.49. The van der Waals surface area contributed by atoms with Crippen LogP contribution >= 0.6 is 0 Å². The van der Waals surface area contributed by atoms with Crippen molar-refractivity contribution in [1.29, 1.82) is 0 Å². The van der Waals surface area contributed by atoms with Crippen molar-refractivity contribution in [3.05, 3.63) is 0 Å². The molecule has 2 rings (SSSR count). The minimum absolute atomic E-state index is 0.0307. The number of carbonyl (C=O) groups excluding carboxylic acids is 1. The largest absolute Gasteiger partial charge is 0.368 e. The number of nitrogens with one attached hydrogen (secondary N) is 1. The van der Waals surface area contributed by atoms with Crippen molar-refractivity contribution in [1.82, 2.24) is 10.2 Å². The Morgan fingerprint density at radius 3 is 3.00 bits per heavy atom. The van der Waals surface area contributed by atoms with Crippen molar-refractivity contribution < 1.29 is 9.53 Å². The third-order valence-electron chi connectivity index (χ3n) is 2.54. The Morgan fingerprint density at radius 2 is 2.43 bits per heavy atom. The van der Waals surface area contributed by atoms with Gasteiger partial charge in [0.15, 0.2) is 0 Å². The molecule has 0 radical (unpaired) electrons. The van der Waals surface area contributed by atoms with E-state index in [-0.39, 0.29) is 18.1 Å². The van der Waals surface area contributed by atoms with E-state index >= 15 is 0 Å². The van der Waals surface area contributed by atoms with Crippen LogP contribution in [0.4, 0.5) is 0 Å². The fourth-order valence-electron chi connectivity index (χ4n) is 1.64. The number of likely N-dealkylation sites (N-methyl/N-ethyl adjacent to an activating group) is 1. The number of rotatable bonds is 1. The van der Waals surface area contributed by atoms with Crippen LogP contribution in [0.3, 0.4) is 0 Å². The monoisotopic (exact) mass is 197 g/mol. The quantitative estimate of drug-likeness (QED) is 0.601. The van der Waals surface area contributed by atoms with E-state index in [1.807, 2.05) is 7.05 Å². The summed E-state index contributed by atoms with van der Waals surface area (Å²) in [6.45, 7) is 4.22. The normalized spacial score (nSPS) is 34.1. The van der Waals surface area contributed by atoms with E-state index in [1.54, 1.807) is 6.92 Å². The number of nitrogens with zero attached hydrogens (tertiary/aromatic N) is 2. The number of amides is 1. The molecule has 2 aliphatic heterocycles. The highest BCUT2D eigenvalue weighted by molar-refractivity contribution is 6.07. The predicted octanol–water partition coefficient (Wildman–Crippen LogP) is -0.766. The molecule has 2 unspecified atom stereocenters. The summed E-state index contributed by atoms with van der Waals surface area (Å²) in [5.41, 5.74) is 0. The number of morpholine rings is 1. The Labute approximate surface area is 83.1 Å². The summed E-state index contributed by atoms with van der Waals surface area (Å²) < 4.78 is 5.54. The molecule has 0 spiro atoms. The van der Waals surface area contributed by atoms with Gasteiger partial charge >= 0.3 is 0 Å². The fourth-order valence-corrected chi connectivity index (χ4v) is 1.64. The van der Waals surface area contributed by atoms with E-state index in [2.05, 4.69) is 15.2 Å². The topological polar surface area (TPSA) is 53.9 Å². The van der Waals surface area contributed by atoms with Gasteiger partial charge in [0, 0.05) is 13.1 Å². The second-order valence-electron chi connectivity index (χ2n) is 3.80. The Balaban J connectivity index is 2.02. The van der Waals surface area contributed by atoms with Crippen molar-refractivity contribution in [2.24, 2.45) is 4.99 Å². The third-order valence-corrected chi connectivity index (χ3v) is 2.54. The summed E-state index contributed by atoms with van der Waals surface area (Å²) in [4.78, 5) is 17.6. The molecule has 0 saturated carbocycles. The first kappa shape index (κ1) is 9.61. The van der Waals surface area contributed by atoms with Gasteiger partial charge in [0.2, 0.25) is 5.91 Å². The molecule has 5 heteroatoms. The van der Waals surface area contributed by atoms with Gasteiger partial charge < -0.3 is 15.0 Å². The van der Waals surface area contributed by atoms with Crippen LogP contribution < -0.4 is 5.32 Å². The van der Waals surface area contributed by atoms with E-state index in [0.717, 1.165) is 13.1 Å². The molecule has 5 nitrogen and oxygen atoms in total. The highest BCUT2D eigenvalue weighted by atomic mass is 16.5. The van der Waals surface area contributed by atoms with Gasteiger partial charge in [0.25, 0.3) is 0 Å². The molecule has 0 aromatic rings.